The zero-order valence-electron chi connectivity index (χ0n) is 12.3. The lowest BCUT2D eigenvalue weighted by Gasteiger charge is -2.07. The van der Waals surface area contributed by atoms with Crippen LogP contribution < -0.4 is 10.3 Å². The van der Waals surface area contributed by atoms with Crippen molar-refractivity contribution < 1.29 is 9.13 Å². The normalized spacial score (nSPS) is 11.2. The maximum Gasteiger partial charge on any atom is 0.285 e. The summed E-state index contributed by atoms with van der Waals surface area (Å²) in [6, 6.07) is 14.5. The number of H-pyrrole nitrogens is 2. The fourth-order valence-corrected chi connectivity index (χ4v) is 2.90. The molecule has 5 heteroatoms. The van der Waals surface area contributed by atoms with E-state index in [9.17, 15) is 9.18 Å². The Morgan fingerprint density at radius 3 is 2.65 bits per heavy atom. The number of ether oxygens (including phenoxy) is 1. The topological polar surface area (TPSA) is 57.9 Å². The van der Waals surface area contributed by atoms with Crippen molar-refractivity contribution in [1.82, 2.24) is 9.97 Å². The molecule has 0 aliphatic carbocycles. The van der Waals surface area contributed by atoms with Crippen LogP contribution >= 0.6 is 0 Å². The second-order valence-corrected chi connectivity index (χ2v) is 5.30. The Labute approximate surface area is 130 Å². The summed E-state index contributed by atoms with van der Waals surface area (Å²) >= 11 is 0. The summed E-state index contributed by atoms with van der Waals surface area (Å²) in [6.07, 6.45) is 0. The molecule has 4 nitrogen and oxygen atoms in total. The molecule has 0 unspecified atom stereocenters. The smallest absolute Gasteiger partial charge is 0.285 e. The molecule has 4 rings (SSSR count). The van der Waals surface area contributed by atoms with Gasteiger partial charge in [0, 0.05) is 16.5 Å². The number of aromatic amines is 2. The van der Waals surface area contributed by atoms with Gasteiger partial charge >= 0.3 is 0 Å². The predicted octanol–water partition coefficient (Wildman–Crippen LogP) is 3.82. The molecule has 0 aliphatic rings. The Kier molecular flexibility index (Phi) is 2.94. The molecule has 2 aromatic heterocycles. The van der Waals surface area contributed by atoms with Crippen molar-refractivity contribution in [3.05, 3.63) is 64.7 Å². The van der Waals surface area contributed by atoms with E-state index in [4.69, 9.17) is 4.74 Å². The van der Waals surface area contributed by atoms with Crippen molar-refractivity contribution in [2.75, 3.05) is 7.11 Å². The van der Waals surface area contributed by atoms with E-state index in [1.807, 2.05) is 24.3 Å². The van der Waals surface area contributed by atoms with Crippen LogP contribution in [0.4, 0.5) is 4.39 Å². The Morgan fingerprint density at radius 2 is 1.83 bits per heavy atom. The van der Waals surface area contributed by atoms with Gasteiger partial charge in [0.05, 0.1) is 18.1 Å². The van der Waals surface area contributed by atoms with Crippen molar-refractivity contribution in [2.24, 2.45) is 0 Å². The second-order valence-electron chi connectivity index (χ2n) is 5.30. The van der Waals surface area contributed by atoms with E-state index in [1.165, 1.54) is 0 Å². The number of fused-ring (bicyclic) bond motifs is 3. The monoisotopic (exact) mass is 308 g/mol. The molecule has 0 spiro atoms. The van der Waals surface area contributed by atoms with Gasteiger partial charge in [-0.1, -0.05) is 30.3 Å². The van der Waals surface area contributed by atoms with Crippen LogP contribution in [0.15, 0.2) is 53.3 Å². The lowest BCUT2D eigenvalue weighted by atomic mass is 10.0. The van der Waals surface area contributed by atoms with Crippen molar-refractivity contribution in [3.63, 3.8) is 0 Å². The molecule has 2 aromatic carbocycles. The van der Waals surface area contributed by atoms with E-state index in [2.05, 4.69) is 9.97 Å². The molecule has 0 radical (unpaired) electrons. The molecule has 0 bridgehead atoms. The quantitative estimate of drug-likeness (QED) is 0.591. The van der Waals surface area contributed by atoms with E-state index in [-0.39, 0.29) is 5.56 Å². The molecule has 23 heavy (non-hydrogen) atoms. The molecule has 114 valence electrons. The molecule has 4 aromatic rings. The molecule has 0 fully saturated rings. The largest absolute Gasteiger partial charge is 0.497 e. The van der Waals surface area contributed by atoms with Crippen LogP contribution in [0.1, 0.15) is 0 Å². The van der Waals surface area contributed by atoms with Crippen molar-refractivity contribution in [3.8, 4) is 16.9 Å². The van der Waals surface area contributed by atoms with Crippen molar-refractivity contribution in [2.45, 2.75) is 0 Å². The van der Waals surface area contributed by atoms with Crippen LogP contribution in [0.25, 0.3) is 33.1 Å². The summed E-state index contributed by atoms with van der Waals surface area (Å²) in [5, 5.41) is 0.851. The second kappa shape index (κ2) is 4.98. The number of rotatable bonds is 2. The SMILES string of the molecule is COc1cccc(-c2c(F)c(=O)[nH]c3c2[nH]c2ccccc23)c1. The van der Waals surface area contributed by atoms with E-state index in [1.54, 1.807) is 31.4 Å². The van der Waals surface area contributed by atoms with Gasteiger partial charge in [0.25, 0.3) is 5.56 Å². The number of aromatic nitrogens is 2. The number of methoxy groups -OCH3 is 1. The number of benzene rings is 2. The molecular weight excluding hydrogens is 295 g/mol. The molecule has 0 amide bonds. The Bertz CT molecular complexity index is 1100. The summed E-state index contributed by atoms with van der Waals surface area (Å²) in [7, 11) is 1.55. The van der Waals surface area contributed by atoms with Gasteiger partial charge in [-0.25, -0.2) is 4.39 Å². The van der Waals surface area contributed by atoms with Crippen LogP contribution in [0.2, 0.25) is 0 Å². The van der Waals surface area contributed by atoms with Crippen LogP contribution in [0, 0.1) is 5.82 Å². The van der Waals surface area contributed by atoms with Gasteiger partial charge in [0.2, 0.25) is 0 Å². The van der Waals surface area contributed by atoms with Crippen LogP contribution in [-0.2, 0) is 0 Å². The van der Waals surface area contributed by atoms with Gasteiger partial charge in [-0.15, -0.1) is 0 Å². The van der Waals surface area contributed by atoms with Gasteiger partial charge in [-0.3, -0.25) is 4.79 Å². The fraction of sp³-hybridized carbons (Fsp3) is 0.0556. The summed E-state index contributed by atoms with van der Waals surface area (Å²) in [6.45, 7) is 0. The average molecular weight is 308 g/mol. The highest BCUT2D eigenvalue weighted by Gasteiger charge is 2.18. The maximum atomic E-state index is 14.6. The molecule has 2 heterocycles. The minimum Gasteiger partial charge on any atom is -0.497 e. The molecular formula is C18H13FN2O2. The maximum absolute atomic E-state index is 14.6. The number of para-hydroxylation sites is 1. The Balaban J connectivity index is 2.16. The Morgan fingerprint density at radius 1 is 1.00 bits per heavy atom. The first-order valence-corrected chi connectivity index (χ1v) is 7.15. The van der Waals surface area contributed by atoms with E-state index in [0.717, 1.165) is 10.9 Å². The lowest BCUT2D eigenvalue weighted by Crippen LogP contribution is -2.12. The summed E-state index contributed by atoms with van der Waals surface area (Å²) in [4.78, 5) is 17.9. The molecule has 0 saturated heterocycles. The zero-order chi connectivity index (χ0) is 16.0. The minimum atomic E-state index is -0.808. The molecule has 0 atom stereocenters. The third-order valence-corrected chi connectivity index (χ3v) is 3.97. The van der Waals surface area contributed by atoms with Gasteiger partial charge < -0.3 is 14.7 Å². The number of hydrogen-bond donors (Lipinski definition) is 2. The van der Waals surface area contributed by atoms with E-state index in [0.29, 0.717) is 22.3 Å². The van der Waals surface area contributed by atoms with E-state index < -0.39 is 11.4 Å². The van der Waals surface area contributed by atoms with Crippen molar-refractivity contribution >= 4 is 21.9 Å². The first-order chi connectivity index (χ1) is 11.2. The standard InChI is InChI=1S/C18H13FN2O2/c1-23-11-6-4-5-10(9-11)14-15(19)18(22)21-16-12-7-2-3-8-13(12)20-17(14)16/h2-9,20H,1H3,(H,21,22). The van der Waals surface area contributed by atoms with Gasteiger partial charge in [-0.05, 0) is 23.8 Å². The Hall–Kier alpha value is -3.08. The van der Waals surface area contributed by atoms with E-state index >= 15 is 0 Å². The van der Waals surface area contributed by atoms with Gasteiger partial charge in [-0.2, -0.15) is 0 Å². The predicted molar refractivity (Wildman–Crippen MR) is 88.4 cm³/mol. The molecule has 0 aliphatic heterocycles. The third-order valence-electron chi connectivity index (χ3n) is 3.97. The number of nitrogens with one attached hydrogen (secondary N) is 2. The number of hydrogen-bond acceptors (Lipinski definition) is 2. The highest BCUT2D eigenvalue weighted by Crippen LogP contribution is 2.33. The lowest BCUT2D eigenvalue weighted by molar-refractivity contribution is 0.415. The van der Waals surface area contributed by atoms with Gasteiger partial charge in [0.15, 0.2) is 5.82 Å². The highest BCUT2D eigenvalue weighted by molar-refractivity contribution is 6.09. The van der Waals surface area contributed by atoms with Crippen molar-refractivity contribution in [1.29, 1.82) is 0 Å². The average Bonchev–Trinajstić information content (AvgIpc) is 2.94. The number of pyridine rings is 1. The van der Waals surface area contributed by atoms with Crippen LogP contribution in [0.5, 0.6) is 5.75 Å². The van der Waals surface area contributed by atoms with Gasteiger partial charge in [0.1, 0.15) is 5.75 Å². The minimum absolute atomic E-state index is 0.249. The molecule has 0 saturated carbocycles. The number of halogens is 1. The first kappa shape index (κ1) is 13.6. The summed E-state index contributed by atoms with van der Waals surface area (Å²) in [5.74, 6) is -0.205. The van der Waals surface area contributed by atoms with Crippen LogP contribution in [0.3, 0.4) is 0 Å². The van der Waals surface area contributed by atoms with Crippen LogP contribution in [-0.4, -0.2) is 17.1 Å². The highest BCUT2D eigenvalue weighted by atomic mass is 19.1. The first-order valence-electron chi connectivity index (χ1n) is 7.15. The third kappa shape index (κ3) is 2.01. The summed E-state index contributed by atoms with van der Waals surface area (Å²) < 4.78 is 19.8. The molecule has 2 N–H and O–H groups in total. The fourth-order valence-electron chi connectivity index (χ4n) is 2.90. The zero-order valence-corrected chi connectivity index (χ0v) is 12.3. The summed E-state index contributed by atoms with van der Waals surface area (Å²) in [5.41, 5.74) is 2.11.